The molecule has 0 unspecified atom stereocenters. The minimum atomic E-state index is -0.434. The van der Waals surface area contributed by atoms with E-state index in [1.54, 1.807) is 18.3 Å². The molecule has 1 heterocycles. The molecule has 0 aliphatic heterocycles. The Morgan fingerprint density at radius 3 is 2.44 bits per heavy atom. The van der Waals surface area contributed by atoms with Gasteiger partial charge in [-0.05, 0) is 52.3 Å². The van der Waals surface area contributed by atoms with Crippen molar-refractivity contribution in [3.05, 3.63) is 52.9 Å². The molecule has 0 spiro atoms. The van der Waals surface area contributed by atoms with E-state index >= 15 is 0 Å². The van der Waals surface area contributed by atoms with E-state index in [1.165, 1.54) is 24.3 Å². The number of anilines is 2. The van der Waals surface area contributed by atoms with Gasteiger partial charge in [0.25, 0.3) is 0 Å². The van der Waals surface area contributed by atoms with E-state index in [-0.39, 0.29) is 5.82 Å². The Balaban J connectivity index is 1.96. The van der Waals surface area contributed by atoms with E-state index in [4.69, 9.17) is 0 Å². The predicted molar refractivity (Wildman–Crippen MR) is 71.0 cm³/mol. The van der Waals surface area contributed by atoms with Gasteiger partial charge < -0.3 is 5.32 Å². The van der Waals surface area contributed by atoms with Gasteiger partial charge in [0.2, 0.25) is 0 Å². The number of hydrogen-bond acceptors (Lipinski definition) is 2. The van der Waals surface area contributed by atoms with Gasteiger partial charge in [-0.25, -0.2) is 14.2 Å². The molecule has 4 nitrogen and oxygen atoms in total. The van der Waals surface area contributed by atoms with Gasteiger partial charge in [-0.3, -0.25) is 5.32 Å². The lowest BCUT2D eigenvalue weighted by Gasteiger charge is -2.06. The molecule has 0 aliphatic rings. The van der Waals surface area contributed by atoms with Crippen LogP contribution in [0.3, 0.4) is 0 Å². The van der Waals surface area contributed by atoms with E-state index in [2.05, 4.69) is 31.5 Å². The van der Waals surface area contributed by atoms with Crippen molar-refractivity contribution < 1.29 is 9.18 Å². The number of hydrogen-bond donors (Lipinski definition) is 2. The lowest BCUT2D eigenvalue weighted by atomic mass is 10.3. The van der Waals surface area contributed by atoms with Crippen LogP contribution in [0, 0.1) is 5.82 Å². The molecule has 0 radical (unpaired) electrons. The molecule has 92 valence electrons. The molecule has 6 heteroatoms. The third-order valence-electron chi connectivity index (χ3n) is 2.07. The topological polar surface area (TPSA) is 54.0 Å². The van der Waals surface area contributed by atoms with E-state index in [9.17, 15) is 9.18 Å². The Kier molecular flexibility index (Phi) is 3.88. The Bertz CT molecular complexity index is 493. The number of aromatic nitrogens is 1. The molecule has 2 amide bonds. The normalized spacial score (nSPS) is 9.89. The highest BCUT2D eigenvalue weighted by molar-refractivity contribution is 9.10. The number of halogens is 2. The van der Waals surface area contributed by atoms with Crippen LogP contribution >= 0.6 is 15.9 Å². The van der Waals surface area contributed by atoms with Crippen LogP contribution in [-0.2, 0) is 0 Å². The second kappa shape index (κ2) is 5.59. The molecule has 2 N–H and O–H groups in total. The maximum absolute atomic E-state index is 12.7. The first-order valence-corrected chi connectivity index (χ1v) is 5.88. The summed E-state index contributed by atoms with van der Waals surface area (Å²) in [6.45, 7) is 0. The third kappa shape index (κ3) is 3.53. The highest BCUT2D eigenvalue weighted by Crippen LogP contribution is 2.12. The minimum absolute atomic E-state index is 0.351. The van der Waals surface area contributed by atoms with Crippen molar-refractivity contribution in [3.8, 4) is 0 Å². The second-order valence-corrected chi connectivity index (χ2v) is 4.36. The smallest absolute Gasteiger partial charge is 0.308 e. The first kappa shape index (κ1) is 12.5. The zero-order valence-corrected chi connectivity index (χ0v) is 10.7. The van der Waals surface area contributed by atoms with Gasteiger partial charge >= 0.3 is 6.03 Å². The number of amides is 2. The number of nitrogens with zero attached hydrogens (tertiary/aromatic N) is 1. The third-order valence-corrected chi connectivity index (χ3v) is 2.54. The number of urea groups is 1. The van der Waals surface area contributed by atoms with E-state index in [1.807, 2.05) is 0 Å². The number of rotatable bonds is 2. The van der Waals surface area contributed by atoms with E-state index in [0.29, 0.717) is 11.5 Å². The Labute approximate surface area is 111 Å². The van der Waals surface area contributed by atoms with Crippen molar-refractivity contribution in [1.82, 2.24) is 4.98 Å². The number of carbonyl (C=O) groups excluding carboxylic acids is 1. The second-order valence-electron chi connectivity index (χ2n) is 3.45. The van der Waals surface area contributed by atoms with Gasteiger partial charge in [-0.15, -0.1) is 0 Å². The maximum Gasteiger partial charge on any atom is 0.324 e. The maximum atomic E-state index is 12.7. The van der Waals surface area contributed by atoms with Gasteiger partial charge in [0.15, 0.2) is 0 Å². The molecule has 18 heavy (non-hydrogen) atoms. The molecule has 1 aromatic carbocycles. The fraction of sp³-hybridized carbons (Fsp3) is 0. The number of nitrogens with one attached hydrogen (secondary N) is 2. The SMILES string of the molecule is O=C(Nc1ccc(F)cc1)Nc1ccc(Br)cn1. The summed E-state index contributed by atoms with van der Waals surface area (Å²) in [5, 5.41) is 5.12. The van der Waals surface area contributed by atoms with Gasteiger partial charge in [0.05, 0.1) is 0 Å². The monoisotopic (exact) mass is 309 g/mol. The van der Waals surface area contributed by atoms with E-state index < -0.39 is 6.03 Å². The largest absolute Gasteiger partial charge is 0.324 e. The zero-order chi connectivity index (χ0) is 13.0. The summed E-state index contributed by atoms with van der Waals surface area (Å²) < 4.78 is 13.5. The predicted octanol–water partition coefficient (Wildman–Crippen LogP) is 3.63. The van der Waals surface area contributed by atoms with Crippen molar-refractivity contribution in [3.63, 3.8) is 0 Å². The fourth-order valence-electron chi connectivity index (χ4n) is 1.26. The first-order valence-electron chi connectivity index (χ1n) is 5.08. The summed E-state index contributed by atoms with van der Waals surface area (Å²) in [6, 6.07) is 8.49. The quantitative estimate of drug-likeness (QED) is 0.890. The summed E-state index contributed by atoms with van der Waals surface area (Å²) in [7, 11) is 0. The number of carbonyl (C=O) groups is 1. The van der Waals surface area contributed by atoms with Crippen LogP contribution in [0.4, 0.5) is 20.7 Å². The average molecular weight is 310 g/mol. The van der Waals surface area contributed by atoms with Crippen LogP contribution in [0.2, 0.25) is 0 Å². The molecule has 1 aromatic heterocycles. The van der Waals surface area contributed by atoms with Crippen LogP contribution in [0.1, 0.15) is 0 Å². The van der Waals surface area contributed by atoms with Crippen molar-refractivity contribution in [2.24, 2.45) is 0 Å². The van der Waals surface area contributed by atoms with E-state index in [0.717, 1.165) is 4.47 Å². The number of benzene rings is 1. The highest BCUT2D eigenvalue weighted by Gasteiger charge is 2.03. The van der Waals surface area contributed by atoms with Gasteiger partial charge in [0.1, 0.15) is 11.6 Å². The van der Waals surface area contributed by atoms with Crippen molar-refractivity contribution in [2.45, 2.75) is 0 Å². The van der Waals surface area contributed by atoms with Gasteiger partial charge in [0, 0.05) is 16.4 Å². The Morgan fingerprint density at radius 2 is 1.83 bits per heavy atom. The average Bonchev–Trinajstić information content (AvgIpc) is 2.35. The molecule has 0 saturated carbocycles. The first-order chi connectivity index (χ1) is 8.63. The molecular formula is C12H9BrFN3O. The number of pyridine rings is 1. The summed E-state index contributed by atoms with van der Waals surface area (Å²) in [5.41, 5.74) is 0.506. The molecule has 0 fully saturated rings. The Hall–Kier alpha value is -1.95. The van der Waals surface area contributed by atoms with Gasteiger partial charge in [-0.2, -0.15) is 0 Å². The van der Waals surface area contributed by atoms with Crippen LogP contribution < -0.4 is 10.6 Å². The minimum Gasteiger partial charge on any atom is -0.308 e. The molecule has 0 aliphatic carbocycles. The summed E-state index contributed by atoms with van der Waals surface area (Å²) in [5.74, 6) is 0.0772. The fourth-order valence-corrected chi connectivity index (χ4v) is 1.50. The van der Waals surface area contributed by atoms with Crippen molar-refractivity contribution >= 4 is 33.5 Å². The summed E-state index contributed by atoms with van der Waals surface area (Å²) >= 11 is 3.25. The lowest BCUT2D eigenvalue weighted by molar-refractivity contribution is 0.262. The summed E-state index contributed by atoms with van der Waals surface area (Å²) in [4.78, 5) is 15.6. The molecule has 0 saturated heterocycles. The molecule has 0 bridgehead atoms. The highest BCUT2D eigenvalue weighted by atomic mass is 79.9. The zero-order valence-electron chi connectivity index (χ0n) is 9.15. The molecule has 2 aromatic rings. The van der Waals surface area contributed by atoms with Crippen LogP contribution in [0.15, 0.2) is 47.1 Å². The standard InChI is InChI=1S/C12H9BrFN3O/c13-8-1-6-11(15-7-8)17-12(18)16-10-4-2-9(14)3-5-10/h1-7H,(H2,15,16,17,18). The molecule has 2 rings (SSSR count). The van der Waals surface area contributed by atoms with Crippen molar-refractivity contribution in [2.75, 3.05) is 10.6 Å². The van der Waals surface area contributed by atoms with Crippen LogP contribution in [0.25, 0.3) is 0 Å². The van der Waals surface area contributed by atoms with Gasteiger partial charge in [-0.1, -0.05) is 0 Å². The molecular weight excluding hydrogens is 301 g/mol. The molecule has 0 atom stereocenters. The summed E-state index contributed by atoms with van der Waals surface area (Å²) in [6.07, 6.45) is 1.58. The van der Waals surface area contributed by atoms with Crippen LogP contribution in [-0.4, -0.2) is 11.0 Å². The lowest BCUT2D eigenvalue weighted by Crippen LogP contribution is -2.19. The van der Waals surface area contributed by atoms with Crippen molar-refractivity contribution in [1.29, 1.82) is 0 Å². The Morgan fingerprint density at radius 1 is 1.11 bits per heavy atom. The van der Waals surface area contributed by atoms with Crippen LogP contribution in [0.5, 0.6) is 0 Å².